The van der Waals surface area contributed by atoms with Crippen molar-refractivity contribution in [1.29, 1.82) is 0 Å². The van der Waals surface area contributed by atoms with Crippen LogP contribution in [0, 0.1) is 12.8 Å². The Morgan fingerprint density at radius 1 is 1.16 bits per heavy atom. The summed E-state index contributed by atoms with van der Waals surface area (Å²) in [6.07, 6.45) is 1.24. The third-order valence-electron chi connectivity index (χ3n) is 3.39. The lowest BCUT2D eigenvalue weighted by Crippen LogP contribution is -2.25. The van der Waals surface area contributed by atoms with E-state index in [-0.39, 0.29) is 0 Å². The van der Waals surface area contributed by atoms with Crippen LogP contribution in [-0.2, 0) is 6.54 Å². The van der Waals surface area contributed by atoms with Gasteiger partial charge in [-0.15, -0.1) is 0 Å². The highest BCUT2D eigenvalue weighted by Gasteiger charge is 2.09. The van der Waals surface area contributed by atoms with Crippen molar-refractivity contribution >= 4 is 5.69 Å². The second-order valence-electron chi connectivity index (χ2n) is 6.27. The number of nitrogens with zero attached hydrogens (tertiary/aromatic N) is 1. The van der Waals surface area contributed by atoms with E-state index in [1.165, 1.54) is 23.2 Å². The van der Waals surface area contributed by atoms with E-state index in [2.05, 4.69) is 70.1 Å². The van der Waals surface area contributed by atoms with Crippen LogP contribution in [0.4, 0.5) is 5.69 Å². The van der Waals surface area contributed by atoms with Gasteiger partial charge >= 0.3 is 0 Å². The van der Waals surface area contributed by atoms with Crippen LogP contribution in [0.25, 0.3) is 0 Å². The summed E-state index contributed by atoms with van der Waals surface area (Å²) >= 11 is 0. The van der Waals surface area contributed by atoms with Gasteiger partial charge < -0.3 is 10.2 Å². The Hall–Kier alpha value is -1.02. The number of anilines is 1. The molecule has 0 fully saturated rings. The smallest absolute Gasteiger partial charge is 0.0409 e. The van der Waals surface area contributed by atoms with Gasteiger partial charge in [0, 0.05) is 31.9 Å². The largest absolute Gasteiger partial charge is 0.374 e. The van der Waals surface area contributed by atoms with Crippen molar-refractivity contribution in [1.82, 2.24) is 5.32 Å². The molecule has 0 spiro atoms. The number of hydrogen-bond donors (Lipinski definition) is 1. The highest BCUT2D eigenvalue weighted by atomic mass is 15.1. The summed E-state index contributed by atoms with van der Waals surface area (Å²) in [6.45, 7) is 13.2. The molecule has 0 unspecified atom stereocenters. The van der Waals surface area contributed by atoms with Gasteiger partial charge in [-0.1, -0.05) is 45.4 Å². The maximum Gasteiger partial charge on any atom is 0.0409 e. The molecule has 2 heteroatoms. The third kappa shape index (κ3) is 5.65. The first-order valence-electron chi connectivity index (χ1n) is 7.44. The molecular weight excluding hydrogens is 232 g/mol. The zero-order valence-electron chi connectivity index (χ0n) is 13.5. The van der Waals surface area contributed by atoms with Crippen molar-refractivity contribution in [3.05, 3.63) is 29.3 Å². The molecule has 0 aliphatic heterocycles. The molecule has 0 bridgehead atoms. The normalized spacial score (nSPS) is 11.4. The molecule has 0 radical (unpaired) electrons. The molecule has 108 valence electrons. The Labute approximate surface area is 119 Å². The van der Waals surface area contributed by atoms with Crippen LogP contribution in [0.2, 0.25) is 0 Å². The molecule has 0 saturated heterocycles. The monoisotopic (exact) mass is 262 g/mol. The molecule has 0 saturated carbocycles. The van der Waals surface area contributed by atoms with Crippen LogP contribution < -0.4 is 10.2 Å². The molecule has 1 aromatic carbocycles. The van der Waals surface area contributed by atoms with Gasteiger partial charge in [0.15, 0.2) is 0 Å². The summed E-state index contributed by atoms with van der Waals surface area (Å²) < 4.78 is 0. The van der Waals surface area contributed by atoms with Gasteiger partial charge in [0.2, 0.25) is 0 Å². The molecule has 2 nitrogen and oxygen atoms in total. The second kappa shape index (κ2) is 7.54. The first-order chi connectivity index (χ1) is 8.90. The van der Waals surface area contributed by atoms with Crippen LogP contribution in [0.5, 0.6) is 0 Å². The fourth-order valence-electron chi connectivity index (χ4n) is 2.11. The van der Waals surface area contributed by atoms with Crippen molar-refractivity contribution in [2.75, 3.05) is 18.5 Å². The average Bonchev–Trinajstić information content (AvgIpc) is 2.33. The van der Waals surface area contributed by atoms with Crippen LogP contribution in [0.1, 0.15) is 45.2 Å². The summed E-state index contributed by atoms with van der Waals surface area (Å²) in [7, 11) is 2.20. The molecule has 1 rings (SSSR count). The molecule has 0 amide bonds. The number of hydrogen-bond acceptors (Lipinski definition) is 2. The Kier molecular flexibility index (Phi) is 6.36. The van der Waals surface area contributed by atoms with E-state index in [4.69, 9.17) is 0 Å². The van der Waals surface area contributed by atoms with E-state index in [0.717, 1.165) is 19.0 Å². The van der Waals surface area contributed by atoms with Crippen molar-refractivity contribution in [2.45, 2.75) is 53.6 Å². The van der Waals surface area contributed by atoms with E-state index in [9.17, 15) is 0 Å². The molecule has 0 atom stereocenters. The highest BCUT2D eigenvalue weighted by Crippen LogP contribution is 2.22. The number of benzene rings is 1. The van der Waals surface area contributed by atoms with E-state index in [0.29, 0.717) is 6.04 Å². The van der Waals surface area contributed by atoms with Gasteiger partial charge in [0.25, 0.3) is 0 Å². The lowest BCUT2D eigenvalue weighted by molar-refractivity contribution is 0.577. The number of aryl methyl sites for hydroxylation is 1. The second-order valence-corrected chi connectivity index (χ2v) is 6.27. The highest BCUT2D eigenvalue weighted by molar-refractivity contribution is 5.54. The van der Waals surface area contributed by atoms with Gasteiger partial charge in [-0.05, 0) is 30.9 Å². The zero-order valence-corrected chi connectivity index (χ0v) is 13.5. The zero-order chi connectivity index (χ0) is 14.4. The quantitative estimate of drug-likeness (QED) is 0.799. The van der Waals surface area contributed by atoms with E-state index < -0.39 is 0 Å². The van der Waals surface area contributed by atoms with Crippen LogP contribution in [0.15, 0.2) is 18.2 Å². The van der Waals surface area contributed by atoms with E-state index in [1.807, 2.05) is 0 Å². The molecule has 0 aromatic heterocycles. The van der Waals surface area contributed by atoms with Crippen LogP contribution >= 0.6 is 0 Å². The van der Waals surface area contributed by atoms with E-state index >= 15 is 0 Å². The maximum atomic E-state index is 3.52. The molecular formula is C17H30N2. The number of rotatable bonds is 7. The van der Waals surface area contributed by atoms with Crippen molar-refractivity contribution in [3.63, 3.8) is 0 Å². The Bertz CT molecular complexity index is 383. The first-order valence-corrected chi connectivity index (χ1v) is 7.44. The standard InChI is InChI=1S/C17H30N2/c1-13(2)9-10-19(6)17-8-7-15(5)11-16(17)12-18-14(3)4/h7-8,11,13-14,18H,9-10,12H2,1-6H3. The minimum absolute atomic E-state index is 0.523. The summed E-state index contributed by atoms with van der Waals surface area (Å²) in [5, 5.41) is 3.52. The molecule has 1 aromatic rings. The lowest BCUT2D eigenvalue weighted by atomic mass is 10.1. The predicted molar refractivity (Wildman–Crippen MR) is 85.9 cm³/mol. The van der Waals surface area contributed by atoms with Crippen LogP contribution in [-0.4, -0.2) is 19.6 Å². The lowest BCUT2D eigenvalue weighted by Gasteiger charge is -2.24. The molecule has 0 aliphatic carbocycles. The SMILES string of the molecule is Cc1ccc(N(C)CCC(C)C)c(CNC(C)C)c1. The minimum Gasteiger partial charge on any atom is -0.374 e. The molecule has 1 N–H and O–H groups in total. The van der Waals surface area contributed by atoms with Gasteiger partial charge in [0.1, 0.15) is 0 Å². The third-order valence-corrected chi connectivity index (χ3v) is 3.39. The Morgan fingerprint density at radius 2 is 1.84 bits per heavy atom. The summed E-state index contributed by atoms with van der Waals surface area (Å²) in [4.78, 5) is 2.39. The summed E-state index contributed by atoms with van der Waals surface area (Å²) in [6, 6.07) is 7.29. The van der Waals surface area contributed by atoms with Gasteiger partial charge in [-0.3, -0.25) is 0 Å². The van der Waals surface area contributed by atoms with Gasteiger partial charge in [-0.25, -0.2) is 0 Å². The predicted octanol–water partition coefficient (Wildman–Crippen LogP) is 3.98. The Morgan fingerprint density at radius 3 is 2.42 bits per heavy atom. The minimum atomic E-state index is 0.523. The van der Waals surface area contributed by atoms with Crippen molar-refractivity contribution in [3.8, 4) is 0 Å². The fraction of sp³-hybridized carbons (Fsp3) is 0.647. The topological polar surface area (TPSA) is 15.3 Å². The first kappa shape index (κ1) is 16.0. The molecule has 0 heterocycles. The number of nitrogens with one attached hydrogen (secondary N) is 1. The average molecular weight is 262 g/mol. The summed E-state index contributed by atoms with van der Waals surface area (Å²) in [5.74, 6) is 0.755. The summed E-state index contributed by atoms with van der Waals surface area (Å²) in [5.41, 5.74) is 4.10. The molecule has 0 aliphatic rings. The van der Waals surface area contributed by atoms with Crippen molar-refractivity contribution in [2.24, 2.45) is 5.92 Å². The Balaban J connectivity index is 2.79. The fourth-order valence-corrected chi connectivity index (χ4v) is 2.11. The van der Waals surface area contributed by atoms with Crippen LogP contribution in [0.3, 0.4) is 0 Å². The van der Waals surface area contributed by atoms with E-state index in [1.54, 1.807) is 0 Å². The van der Waals surface area contributed by atoms with Gasteiger partial charge in [0.05, 0.1) is 0 Å². The maximum absolute atomic E-state index is 3.52. The van der Waals surface area contributed by atoms with Crippen molar-refractivity contribution < 1.29 is 0 Å². The molecule has 19 heavy (non-hydrogen) atoms. The van der Waals surface area contributed by atoms with Gasteiger partial charge in [-0.2, -0.15) is 0 Å².